The van der Waals surface area contributed by atoms with Crippen molar-refractivity contribution >= 4 is 17.4 Å². The maximum atomic E-state index is 14.6. The maximum Gasteiger partial charge on any atom is 0.398 e. The van der Waals surface area contributed by atoms with Gasteiger partial charge in [-0.3, -0.25) is 9.79 Å². The molecule has 0 radical (unpaired) electrons. The fraction of sp³-hybridized carbons (Fsp3) is 0.312. The minimum Gasteiger partial charge on any atom is -0.401 e. The van der Waals surface area contributed by atoms with E-state index in [-0.39, 0.29) is 11.5 Å². The van der Waals surface area contributed by atoms with E-state index in [1.165, 1.54) is 0 Å². The molecular formula is C32H31F3N6O2. The van der Waals surface area contributed by atoms with Gasteiger partial charge in [-0.1, -0.05) is 60.7 Å². The number of benzene rings is 2. The number of pyridine rings is 1. The normalized spacial score (nSPS) is 21.9. The average Bonchev–Trinajstić information content (AvgIpc) is 3.01. The number of amides is 1. The highest BCUT2D eigenvalue weighted by molar-refractivity contribution is 6.13. The summed E-state index contributed by atoms with van der Waals surface area (Å²) in [6.07, 6.45) is -4.86. The van der Waals surface area contributed by atoms with Gasteiger partial charge < -0.3 is 21.1 Å². The number of halogens is 3. The van der Waals surface area contributed by atoms with Gasteiger partial charge in [-0.05, 0) is 42.5 Å². The van der Waals surface area contributed by atoms with Crippen LogP contribution in [-0.4, -0.2) is 47.2 Å². The molecule has 0 saturated carbocycles. The van der Waals surface area contributed by atoms with Crippen LogP contribution in [-0.2, 0) is 4.79 Å². The highest BCUT2D eigenvalue weighted by Crippen LogP contribution is 2.41. The lowest BCUT2D eigenvalue weighted by Gasteiger charge is -2.38. The second kappa shape index (κ2) is 12.3. The van der Waals surface area contributed by atoms with Crippen LogP contribution in [0.15, 0.2) is 89.2 Å². The third kappa shape index (κ3) is 6.24. The second-order valence-corrected chi connectivity index (χ2v) is 10.8. The second-order valence-electron chi connectivity index (χ2n) is 10.8. The van der Waals surface area contributed by atoms with E-state index < -0.39 is 41.6 Å². The fourth-order valence-electron chi connectivity index (χ4n) is 5.74. The van der Waals surface area contributed by atoms with Gasteiger partial charge in [0.15, 0.2) is 0 Å². The van der Waals surface area contributed by atoms with Crippen LogP contribution in [0.4, 0.5) is 18.9 Å². The van der Waals surface area contributed by atoms with Crippen molar-refractivity contribution in [1.29, 1.82) is 5.26 Å². The lowest BCUT2D eigenvalue weighted by molar-refractivity contribution is -0.191. The first-order valence-corrected chi connectivity index (χ1v) is 13.9. The molecule has 2 aromatic carbocycles. The Morgan fingerprint density at radius 2 is 1.70 bits per heavy atom. The van der Waals surface area contributed by atoms with Crippen LogP contribution >= 0.6 is 0 Å². The molecule has 3 aromatic rings. The lowest BCUT2D eigenvalue weighted by atomic mass is 9.81. The standard InChI is InChI=1S/C32H31F3N6O2/c1-19-16-23(18-38-24(19)17-36)41-14-12-20(13-15-41)27(37)25-26(32(33,34)35)29(42)31(43)40-30(25)39-28(21-8-4-2-5-9-21)22-10-6-3-7-11-22/h2-11,16,18,20,26,28-29,42H,12-15,37H2,1H3,(H,39,40,43)/t26-,29-/m1/s1. The first-order valence-electron chi connectivity index (χ1n) is 13.9. The summed E-state index contributed by atoms with van der Waals surface area (Å²) in [4.78, 5) is 23.6. The van der Waals surface area contributed by atoms with Gasteiger partial charge in [-0.2, -0.15) is 18.4 Å². The zero-order valence-corrected chi connectivity index (χ0v) is 23.4. The van der Waals surface area contributed by atoms with Crippen molar-refractivity contribution in [3.63, 3.8) is 0 Å². The number of aliphatic hydroxyl groups is 1. The Balaban J connectivity index is 1.55. The van der Waals surface area contributed by atoms with Crippen molar-refractivity contribution in [2.24, 2.45) is 22.6 Å². The molecule has 8 nitrogen and oxygen atoms in total. The predicted molar refractivity (Wildman–Crippen MR) is 156 cm³/mol. The van der Waals surface area contributed by atoms with Gasteiger partial charge in [0.05, 0.1) is 11.9 Å². The van der Waals surface area contributed by atoms with Crippen LogP contribution in [0.3, 0.4) is 0 Å². The Hall–Kier alpha value is -4.69. The Morgan fingerprint density at radius 3 is 2.21 bits per heavy atom. The van der Waals surface area contributed by atoms with Gasteiger partial charge in [0, 0.05) is 30.3 Å². The SMILES string of the molecule is Cc1cc(N2CCC(C(N)=C3C(=NC(c4ccccc4)c4ccccc4)NC(=O)[C@H](O)[C@@H]3C(F)(F)F)CC2)cnc1C#N. The molecule has 2 atom stereocenters. The molecule has 0 spiro atoms. The van der Waals surface area contributed by atoms with E-state index in [4.69, 9.17) is 10.7 Å². The number of hydrogen-bond donors (Lipinski definition) is 3. The summed E-state index contributed by atoms with van der Waals surface area (Å²) >= 11 is 0. The molecule has 0 bridgehead atoms. The van der Waals surface area contributed by atoms with E-state index in [1.807, 2.05) is 53.4 Å². The fourth-order valence-corrected chi connectivity index (χ4v) is 5.74. The molecule has 0 aliphatic carbocycles. The van der Waals surface area contributed by atoms with E-state index in [1.54, 1.807) is 37.4 Å². The number of rotatable bonds is 5. The summed E-state index contributed by atoms with van der Waals surface area (Å²) in [5, 5.41) is 22.1. The van der Waals surface area contributed by atoms with E-state index in [0.29, 0.717) is 42.8 Å². The van der Waals surface area contributed by atoms with Crippen LogP contribution in [0.2, 0.25) is 0 Å². The number of nitrogens with two attached hydrogens (primary N) is 1. The number of anilines is 1. The Labute approximate surface area is 247 Å². The number of nitriles is 1. The number of nitrogens with zero attached hydrogens (tertiary/aromatic N) is 4. The molecule has 2 aliphatic heterocycles. The number of carbonyl (C=O) groups excluding carboxylic acids is 1. The first-order chi connectivity index (χ1) is 20.6. The number of allylic oxidation sites excluding steroid dienone is 1. The number of aromatic nitrogens is 1. The summed E-state index contributed by atoms with van der Waals surface area (Å²) in [5.74, 6) is -4.46. The van der Waals surface area contributed by atoms with Crippen molar-refractivity contribution in [2.75, 3.05) is 18.0 Å². The zero-order valence-electron chi connectivity index (χ0n) is 23.4. The monoisotopic (exact) mass is 588 g/mol. The highest BCUT2D eigenvalue weighted by Gasteiger charge is 2.54. The van der Waals surface area contributed by atoms with Crippen molar-refractivity contribution in [3.8, 4) is 6.07 Å². The van der Waals surface area contributed by atoms with Crippen molar-refractivity contribution in [1.82, 2.24) is 10.3 Å². The van der Waals surface area contributed by atoms with Crippen LogP contribution < -0.4 is 16.0 Å². The van der Waals surface area contributed by atoms with Gasteiger partial charge in [0.25, 0.3) is 5.91 Å². The minimum absolute atomic E-state index is 0.0474. The molecule has 3 heterocycles. The number of aliphatic imine (C=N–C) groups is 1. The summed E-state index contributed by atoms with van der Waals surface area (Å²) in [7, 11) is 0. The molecule has 2 aliphatic rings. The smallest absolute Gasteiger partial charge is 0.398 e. The first kappa shape index (κ1) is 29.8. The number of amidine groups is 1. The number of hydrogen-bond acceptors (Lipinski definition) is 7. The highest BCUT2D eigenvalue weighted by atomic mass is 19.4. The lowest BCUT2D eigenvalue weighted by Crippen LogP contribution is -2.56. The van der Waals surface area contributed by atoms with Crippen LogP contribution in [0.25, 0.3) is 0 Å². The summed E-state index contributed by atoms with van der Waals surface area (Å²) in [5.41, 5.74) is 9.43. The number of aryl methyl sites for hydroxylation is 1. The third-order valence-electron chi connectivity index (χ3n) is 8.01. The number of nitrogens with one attached hydrogen (secondary N) is 1. The molecule has 11 heteroatoms. The summed E-state index contributed by atoms with van der Waals surface area (Å²) < 4.78 is 43.7. The predicted octanol–water partition coefficient (Wildman–Crippen LogP) is 4.55. The van der Waals surface area contributed by atoms with Crippen LogP contribution in [0.5, 0.6) is 0 Å². The number of aliphatic hydroxyl groups excluding tert-OH is 1. The molecule has 1 amide bonds. The Bertz CT molecular complexity index is 1540. The van der Waals surface area contributed by atoms with E-state index in [2.05, 4.69) is 10.3 Å². The zero-order chi connectivity index (χ0) is 30.7. The molecule has 5 rings (SSSR count). The van der Waals surface area contributed by atoms with Crippen LogP contribution in [0, 0.1) is 30.1 Å². The van der Waals surface area contributed by atoms with E-state index >= 15 is 0 Å². The van der Waals surface area contributed by atoms with Gasteiger partial charge in [-0.15, -0.1) is 0 Å². The third-order valence-corrected chi connectivity index (χ3v) is 8.01. The van der Waals surface area contributed by atoms with E-state index in [9.17, 15) is 28.3 Å². The molecule has 4 N–H and O–H groups in total. The molecular weight excluding hydrogens is 557 g/mol. The minimum atomic E-state index is -4.96. The molecule has 2 fully saturated rings. The topological polar surface area (TPSA) is 128 Å². The van der Waals surface area contributed by atoms with Gasteiger partial charge in [-0.25, -0.2) is 4.98 Å². The Morgan fingerprint density at radius 1 is 1.12 bits per heavy atom. The van der Waals surface area contributed by atoms with Gasteiger partial charge >= 0.3 is 6.18 Å². The molecule has 43 heavy (non-hydrogen) atoms. The van der Waals surface area contributed by atoms with Crippen molar-refractivity contribution < 1.29 is 23.1 Å². The maximum absolute atomic E-state index is 14.6. The largest absolute Gasteiger partial charge is 0.401 e. The quantitative estimate of drug-likeness (QED) is 0.402. The molecule has 222 valence electrons. The number of piperidine rings is 2. The summed E-state index contributed by atoms with van der Waals surface area (Å²) in [6, 6.07) is 21.3. The van der Waals surface area contributed by atoms with Crippen molar-refractivity contribution in [3.05, 3.63) is 107 Å². The molecule has 0 unspecified atom stereocenters. The van der Waals surface area contributed by atoms with Gasteiger partial charge in [0.2, 0.25) is 0 Å². The van der Waals surface area contributed by atoms with Gasteiger partial charge in [0.1, 0.15) is 35.7 Å². The average molecular weight is 589 g/mol. The number of carbonyl (C=O) groups is 1. The molecule has 1 aromatic heterocycles. The van der Waals surface area contributed by atoms with Crippen molar-refractivity contribution in [2.45, 2.75) is 38.1 Å². The Kier molecular flexibility index (Phi) is 8.50. The van der Waals surface area contributed by atoms with E-state index in [0.717, 1.165) is 11.3 Å². The number of alkyl halides is 3. The van der Waals surface area contributed by atoms with Crippen LogP contribution in [0.1, 0.15) is 41.3 Å². The summed E-state index contributed by atoms with van der Waals surface area (Å²) in [6.45, 7) is 2.77. The molecule has 2 saturated heterocycles.